The first-order valence-electron chi connectivity index (χ1n) is 7.50. The number of hydrogen-bond donors (Lipinski definition) is 3. The molecule has 0 saturated heterocycles. The van der Waals surface area contributed by atoms with Crippen LogP contribution in [0.25, 0.3) is 11.3 Å². The van der Waals surface area contributed by atoms with Gasteiger partial charge in [0.2, 0.25) is 0 Å². The number of nitrogens with one attached hydrogen (secondary N) is 3. The largest absolute Gasteiger partial charge is 0.361 e. The molecule has 5 heteroatoms. The van der Waals surface area contributed by atoms with Crippen LogP contribution in [0.5, 0.6) is 0 Å². The highest BCUT2D eigenvalue weighted by Gasteiger charge is 2.28. The van der Waals surface area contributed by atoms with Crippen molar-refractivity contribution in [2.24, 2.45) is 0 Å². The number of aromatic amines is 1. The Kier molecular flexibility index (Phi) is 3.12. The molecule has 1 atom stereocenters. The third kappa shape index (κ3) is 2.26. The summed E-state index contributed by atoms with van der Waals surface area (Å²) in [7, 11) is 0. The Morgan fingerprint density at radius 2 is 1.83 bits per heavy atom. The van der Waals surface area contributed by atoms with Gasteiger partial charge in [-0.15, -0.1) is 0 Å². The van der Waals surface area contributed by atoms with Crippen LogP contribution >= 0.6 is 0 Å². The molecule has 1 aliphatic heterocycles. The average Bonchev–Trinajstić information content (AvgIpc) is 3.05. The normalized spacial score (nSPS) is 16.4. The number of hydrogen-bond acceptors (Lipinski definition) is 3. The summed E-state index contributed by atoms with van der Waals surface area (Å²) in [6, 6.07) is 15.8. The summed E-state index contributed by atoms with van der Waals surface area (Å²) in [5.41, 5.74) is 5.36. The first-order chi connectivity index (χ1) is 11.2. The lowest BCUT2D eigenvalue weighted by Crippen LogP contribution is -2.39. The number of fused-ring (bicyclic) bond motifs is 1. The second-order valence-corrected chi connectivity index (χ2v) is 5.61. The molecular weight excluding hydrogens is 288 g/mol. The molecule has 1 aliphatic rings. The Balaban J connectivity index is 1.74. The molecule has 0 aliphatic carbocycles. The molecule has 0 radical (unpaired) electrons. The molecule has 0 saturated carbocycles. The number of carbonyl (C=O) groups excluding carboxylic acids is 1. The minimum atomic E-state index is -0.314. The van der Waals surface area contributed by atoms with Crippen LogP contribution in [0.15, 0.2) is 54.7 Å². The Morgan fingerprint density at radius 1 is 1.00 bits per heavy atom. The zero-order valence-corrected chi connectivity index (χ0v) is 12.6. The summed E-state index contributed by atoms with van der Waals surface area (Å²) >= 11 is 0. The van der Waals surface area contributed by atoms with Crippen molar-refractivity contribution in [1.82, 2.24) is 15.5 Å². The van der Waals surface area contributed by atoms with Gasteiger partial charge in [0, 0.05) is 11.3 Å². The Hall–Kier alpha value is -3.08. The van der Waals surface area contributed by atoms with Crippen molar-refractivity contribution in [3.05, 3.63) is 71.4 Å². The predicted molar refractivity (Wildman–Crippen MR) is 89.0 cm³/mol. The Morgan fingerprint density at radius 3 is 2.65 bits per heavy atom. The van der Waals surface area contributed by atoms with Gasteiger partial charge in [0.25, 0.3) is 5.91 Å². The van der Waals surface area contributed by atoms with Crippen molar-refractivity contribution in [2.75, 3.05) is 5.32 Å². The average molecular weight is 304 g/mol. The lowest BCUT2D eigenvalue weighted by molar-refractivity contribution is 0.0935. The van der Waals surface area contributed by atoms with Crippen LogP contribution in [0.2, 0.25) is 0 Å². The maximum absolute atomic E-state index is 12.5. The van der Waals surface area contributed by atoms with E-state index in [0.717, 1.165) is 28.1 Å². The van der Waals surface area contributed by atoms with Gasteiger partial charge in [-0.1, -0.05) is 42.5 Å². The van der Waals surface area contributed by atoms with Crippen LogP contribution in [0, 0.1) is 6.92 Å². The number of aromatic nitrogens is 2. The van der Waals surface area contributed by atoms with Crippen LogP contribution < -0.4 is 10.6 Å². The zero-order valence-electron chi connectivity index (χ0n) is 12.6. The quantitative estimate of drug-likeness (QED) is 0.680. The molecule has 5 nitrogen and oxygen atoms in total. The molecular formula is C18H16N4O. The standard InChI is InChI=1S/C18H16N4O/c1-11-6-5-9-14-15(11)18(23)21-17(20-14)13-10-19-22-16(13)12-7-3-2-4-8-12/h2-10,17,20H,1H3,(H,19,22)(H,21,23). The summed E-state index contributed by atoms with van der Waals surface area (Å²) in [5.74, 6) is -0.0675. The van der Waals surface area contributed by atoms with Gasteiger partial charge < -0.3 is 10.6 Å². The second-order valence-electron chi connectivity index (χ2n) is 5.61. The number of nitrogens with zero attached hydrogens (tertiary/aromatic N) is 1. The maximum Gasteiger partial charge on any atom is 0.255 e. The molecule has 0 fully saturated rings. The van der Waals surface area contributed by atoms with E-state index < -0.39 is 0 Å². The lowest BCUT2D eigenvalue weighted by atomic mass is 10.0. The molecule has 1 unspecified atom stereocenters. The van der Waals surface area contributed by atoms with Crippen molar-refractivity contribution in [3.63, 3.8) is 0 Å². The minimum absolute atomic E-state index is 0.0675. The van der Waals surface area contributed by atoms with Crippen molar-refractivity contribution >= 4 is 11.6 Å². The van der Waals surface area contributed by atoms with E-state index in [4.69, 9.17) is 0 Å². The number of rotatable bonds is 2. The molecule has 2 heterocycles. The van der Waals surface area contributed by atoms with Crippen molar-refractivity contribution in [3.8, 4) is 11.3 Å². The van der Waals surface area contributed by atoms with E-state index in [-0.39, 0.29) is 12.1 Å². The van der Waals surface area contributed by atoms with E-state index in [1.165, 1.54) is 0 Å². The molecule has 0 bridgehead atoms. The lowest BCUT2D eigenvalue weighted by Gasteiger charge is -2.28. The van der Waals surface area contributed by atoms with Crippen molar-refractivity contribution < 1.29 is 4.79 Å². The SMILES string of the molecule is Cc1cccc2c1C(=O)NC(c1cn[nH]c1-c1ccccc1)N2. The molecule has 2 aromatic carbocycles. The molecule has 3 aromatic rings. The molecule has 0 spiro atoms. The molecule has 114 valence electrons. The predicted octanol–water partition coefficient (Wildman–Crippen LogP) is 3.24. The number of carbonyl (C=O) groups is 1. The van der Waals surface area contributed by atoms with Crippen LogP contribution in [-0.2, 0) is 0 Å². The summed E-state index contributed by atoms with van der Waals surface area (Å²) in [6.45, 7) is 1.94. The van der Waals surface area contributed by atoms with Gasteiger partial charge in [-0.05, 0) is 24.1 Å². The Bertz CT molecular complexity index is 870. The summed E-state index contributed by atoms with van der Waals surface area (Å²) in [5, 5.41) is 13.6. The van der Waals surface area contributed by atoms with E-state index in [1.54, 1.807) is 6.20 Å². The number of H-pyrrole nitrogens is 1. The van der Waals surface area contributed by atoms with Crippen molar-refractivity contribution in [1.29, 1.82) is 0 Å². The number of benzene rings is 2. The second kappa shape index (κ2) is 5.28. The topological polar surface area (TPSA) is 69.8 Å². The molecule has 23 heavy (non-hydrogen) atoms. The van der Waals surface area contributed by atoms with Crippen LogP contribution in [0.4, 0.5) is 5.69 Å². The van der Waals surface area contributed by atoms with Crippen LogP contribution in [0.3, 0.4) is 0 Å². The van der Waals surface area contributed by atoms with Gasteiger partial charge in [-0.25, -0.2) is 0 Å². The first kappa shape index (κ1) is 13.6. The van der Waals surface area contributed by atoms with Crippen LogP contribution in [-0.4, -0.2) is 16.1 Å². The number of amides is 1. The van der Waals surface area contributed by atoms with E-state index in [0.29, 0.717) is 5.56 Å². The van der Waals surface area contributed by atoms with Gasteiger partial charge in [-0.2, -0.15) is 5.10 Å². The fourth-order valence-electron chi connectivity index (χ4n) is 2.99. The monoisotopic (exact) mass is 304 g/mol. The first-order valence-corrected chi connectivity index (χ1v) is 7.50. The van der Waals surface area contributed by atoms with E-state index in [9.17, 15) is 4.79 Å². The third-order valence-corrected chi connectivity index (χ3v) is 4.12. The molecule has 1 aromatic heterocycles. The minimum Gasteiger partial charge on any atom is -0.361 e. The highest BCUT2D eigenvalue weighted by atomic mass is 16.2. The number of aryl methyl sites for hydroxylation is 1. The van der Waals surface area contributed by atoms with E-state index in [1.807, 2.05) is 55.5 Å². The van der Waals surface area contributed by atoms with Crippen molar-refractivity contribution in [2.45, 2.75) is 13.1 Å². The highest BCUT2D eigenvalue weighted by Crippen LogP contribution is 2.32. The highest BCUT2D eigenvalue weighted by molar-refractivity contribution is 6.03. The molecule has 1 amide bonds. The van der Waals surface area contributed by atoms with E-state index >= 15 is 0 Å². The zero-order chi connectivity index (χ0) is 15.8. The summed E-state index contributed by atoms with van der Waals surface area (Å²) in [4.78, 5) is 12.5. The summed E-state index contributed by atoms with van der Waals surface area (Å²) < 4.78 is 0. The third-order valence-electron chi connectivity index (χ3n) is 4.12. The van der Waals surface area contributed by atoms with Gasteiger partial charge >= 0.3 is 0 Å². The fourth-order valence-corrected chi connectivity index (χ4v) is 2.99. The van der Waals surface area contributed by atoms with Gasteiger partial charge in [0.1, 0.15) is 6.17 Å². The van der Waals surface area contributed by atoms with Gasteiger partial charge in [-0.3, -0.25) is 9.89 Å². The fraction of sp³-hybridized carbons (Fsp3) is 0.111. The molecule has 3 N–H and O–H groups in total. The Labute approximate surface area is 133 Å². The number of anilines is 1. The smallest absolute Gasteiger partial charge is 0.255 e. The van der Waals surface area contributed by atoms with Gasteiger partial charge in [0.15, 0.2) is 0 Å². The summed E-state index contributed by atoms with van der Waals surface area (Å²) in [6.07, 6.45) is 1.44. The van der Waals surface area contributed by atoms with E-state index in [2.05, 4.69) is 20.8 Å². The maximum atomic E-state index is 12.5. The van der Waals surface area contributed by atoms with Gasteiger partial charge in [0.05, 0.1) is 17.5 Å². The van der Waals surface area contributed by atoms with Crippen LogP contribution in [0.1, 0.15) is 27.7 Å². The molecule has 4 rings (SSSR count).